The molecule has 0 radical (unpaired) electrons. The number of ether oxygens (including phenoxy) is 2. The van der Waals surface area contributed by atoms with E-state index in [1.165, 1.54) is 24.1 Å². The molecule has 2 N–H and O–H groups in total. The molecule has 27 heavy (non-hydrogen) atoms. The third kappa shape index (κ3) is 3.97. The largest absolute Gasteiger partial charge is 0.494 e. The maximum Gasteiger partial charge on any atom is 0.269 e. The van der Waals surface area contributed by atoms with E-state index in [2.05, 4.69) is 10.9 Å². The van der Waals surface area contributed by atoms with Gasteiger partial charge in [-0.15, -0.1) is 0 Å². The van der Waals surface area contributed by atoms with Gasteiger partial charge < -0.3 is 9.47 Å². The van der Waals surface area contributed by atoms with Crippen LogP contribution in [0.15, 0.2) is 42.5 Å². The van der Waals surface area contributed by atoms with E-state index in [0.29, 0.717) is 11.4 Å². The van der Waals surface area contributed by atoms with Crippen LogP contribution in [0.1, 0.15) is 10.4 Å². The quantitative estimate of drug-likeness (QED) is 0.780. The van der Waals surface area contributed by atoms with Crippen LogP contribution in [0.3, 0.4) is 0 Å². The number of hydrogen-bond donors (Lipinski definition) is 2. The van der Waals surface area contributed by atoms with Crippen LogP contribution in [0.4, 0.5) is 10.1 Å². The fourth-order valence-electron chi connectivity index (χ4n) is 2.52. The number of nitrogens with one attached hydrogen (secondary N) is 2. The number of methoxy groups -OCH3 is 1. The average molecular weight is 373 g/mol. The summed E-state index contributed by atoms with van der Waals surface area (Å²) in [6.07, 6.45) is 0. The van der Waals surface area contributed by atoms with Gasteiger partial charge in [0.15, 0.2) is 18.2 Å². The Balaban J connectivity index is 1.61. The first-order valence-corrected chi connectivity index (χ1v) is 7.94. The van der Waals surface area contributed by atoms with Crippen molar-refractivity contribution < 1.29 is 28.2 Å². The second-order valence-electron chi connectivity index (χ2n) is 5.59. The van der Waals surface area contributed by atoms with Gasteiger partial charge in [0.2, 0.25) is 0 Å². The Morgan fingerprint density at radius 3 is 2.74 bits per heavy atom. The number of para-hydroxylation sites is 2. The van der Waals surface area contributed by atoms with Crippen molar-refractivity contribution in [2.24, 2.45) is 0 Å². The predicted molar refractivity (Wildman–Crippen MR) is 92.9 cm³/mol. The van der Waals surface area contributed by atoms with Crippen LogP contribution in [-0.2, 0) is 9.59 Å². The van der Waals surface area contributed by atoms with Gasteiger partial charge in [0, 0.05) is 5.56 Å². The van der Waals surface area contributed by atoms with Crippen LogP contribution >= 0.6 is 0 Å². The highest BCUT2D eigenvalue weighted by molar-refractivity contribution is 6.02. The Kier molecular flexibility index (Phi) is 5.20. The normalized spacial score (nSPS) is 12.7. The molecule has 1 aliphatic rings. The summed E-state index contributed by atoms with van der Waals surface area (Å²) in [6, 6.07) is 10.4. The number of amides is 3. The van der Waals surface area contributed by atoms with E-state index < -0.39 is 17.6 Å². The number of fused-ring (bicyclic) bond motifs is 1. The molecule has 3 amide bonds. The van der Waals surface area contributed by atoms with Crippen molar-refractivity contribution in [3.8, 4) is 11.5 Å². The lowest BCUT2D eigenvalue weighted by Gasteiger charge is -2.28. The lowest BCUT2D eigenvalue weighted by Crippen LogP contribution is -2.49. The van der Waals surface area contributed by atoms with Gasteiger partial charge in [0.25, 0.3) is 17.7 Å². The van der Waals surface area contributed by atoms with Gasteiger partial charge in [0.1, 0.15) is 12.3 Å². The number of carbonyl (C=O) groups excluding carboxylic acids is 3. The van der Waals surface area contributed by atoms with Crippen LogP contribution < -0.4 is 25.2 Å². The second kappa shape index (κ2) is 7.73. The Hall–Kier alpha value is -3.62. The third-order valence-corrected chi connectivity index (χ3v) is 3.84. The number of hydrogen-bond acceptors (Lipinski definition) is 5. The van der Waals surface area contributed by atoms with Crippen molar-refractivity contribution >= 4 is 23.4 Å². The molecule has 1 aliphatic heterocycles. The van der Waals surface area contributed by atoms with Gasteiger partial charge in [-0.1, -0.05) is 12.1 Å². The number of anilines is 1. The number of carbonyl (C=O) groups is 3. The zero-order chi connectivity index (χ0) is 19.4. The minimum absolute atomic E-state index is 0.0000747. The molecule has 8 nitrogen and oxygen atoms in total. The van der Waals surface area contributed by atoms with Crippen molar-refractivity contribution in [1.82, 2.24) is 10.9 Å². The van der Waals surface area contributed by atoms with Gasteiger partial charge in [-0.05, 0) is 30.3 Å². The van der Waals surface area contributed by atoms with Crippen molar-refractivity contribution in [2.45, 2.75) is 0 Å². The summed E-state index contributed by atoms with van der Waals surface area (Å²) in [5.41, 5.74) is 4.84. The summed E-state index contributed by atoms with van der Waals surface area (Å²) >= 11 is 0. The van der Waals surface area contributed by atoms with Gasteiger partial charge in [-0.3, -0.25) is 30.1 Å². The molecular weight excluding hydrogens is 357 g/mol. The number of rotatable bonds is 4. The van der Waals surface area contributed by atoms with E-state index in [9.17, 15) is 18.8 Å². The lowest BCUT2D eigenvalue weighted by molar-refractivity contribution is -0.125. The molecule has 0 bridgehead atoms. The summed E-state index contributed by atoms with van der Waals surface area (Å²) < 4.78 is 23.7. The van der Waals surface area contributed by atoms with Crippen LogP contribution in [0.5, 0.6) is 11.5 Å². The smallest absolute Gasteiger partial charge is 0.269 e. The van der Waals surface area contributed by atoms with E-state index in [4.69, 9.17) is 9.47 Å². The third-order valence-electron chi connectivity index (χ3n) is 3.84. The number of nitrogens with zero attached hydrogens (tertiary/aromatic N) is 1. The fraction of sp³-hybridized carbons (Fsp3) is 0.167. The van der Waals surface area contributed by atoms with Gasteiger partial charge in [0.05, 0.1) is 12.8 Å². The Labute approximate surface area is 153 Å². The summed E-state index contributed by atoms with van der Waals surface area (Å²) in [4.78, 5) is 37.4. The van der Waals surface area contributed by atoms with E-state index in [1.807, 2.05) is 0 Å². The molecule has 2 aromatic carbocycles. The summed E-state index contributed by atoms with van der Waals surface area (Å²) in [7, 11) is 1.31. The average Bonchev–Trinajstić information content (AvgIpc) is 2.68. The summed E-state index contributed by atoms with van der Waals surface area (Å²) in [6.45, 7) is -0.488. The van der Waals surface area contributed by atoms with Crippen molar-refractivity contribution in [1.29, 1.82) is 0 Å². The molecule has 2 aromatic rings. The highest BCUT2D eigenvalue weighted by Gasteiger charge is 2.27. The minimum Gasteiger partial charge on any atom is -0.494 e. The van der Waals surface area contributed by atoms with Gasteiger partial charge in [-0.2, -0.15) is 0 Å². The molecule has 0 aliphatic carbocycles. The summed E-state index contributed by atoms with van der Waals surface area (Å²) in [5, 5.41) is 0. The maximum atomic E-state index is 13.7. The molecule has 0 spiro atoms. The highest BCUT2D eigenvalue weighted by Crippen LogP contribution is 2.31. The SMILES string of the molecule is COc1ccc(C(=O)NNC(=O)CN2C(=O)COc3ccccc32)cc1F. The number of hydrazine groups is 1. The fourth-order valence-corrected chi connectivity index (χ4v) is 2.52. The van der Waals surface area contributed by atoms with Gasteiger partial charge in [-0.25, -0.2) is 4.39 Å². The lowest BCUT2D eigenvalue weighted by atomic mass is 10.2. The Bertz CT molecular complexity index is 902. The van der Waals surface area contributed by atoms with E-state index in [-0.39, 0.29) is 30.4 Å². The monoisotopic (exact) mass is 373 g/mol. The first kappa shape index (κ1) is 18.2. The van der Waals surface area contributed by atoms with Crippen LogP contribution in [0.25, 0.3) is 0 Å². The molecular formula is C18H16FN3O5. The molecule has 3 rings (SSSR count). The molecule has 0 fully saturated rings. The molecule has 0 unspecified atom stereocenters. The molecule has 0 aromatic heterocycles. The maximum absolute atomic E-state index is 13.7. The molecule has 0 saturated heterocycles. The zero-order valence-corrected chi connectivity index (χ0v) is 14.3. The molecule has 0 atom stereocenters. The van der Waals surface area contributed by atoms with E-state index in [1.54, 1.807) is 24.3 Å². The minimum atomic E-state index is -0.710. The van der Waals surface area contributed by atoms with Crippen LogP contribution in [0.2, 0.25) is 0 Å². The first-order valence-electron chi connectivity index (χ1n) is 7.94. The van der Waals surface area contributed by atoms with E-state index >= 15 is 0 Å². The van der Waals surface area contributed by atoms with Crippen molar-refractivity contribution in [3.05, 3.63) is 53.8 Å². The van der Waals surface area contributed by atoms with Crippen molar-refractivity contribution in [2.75, 3.05) is 25.2 Å². The molecule has 9 heteroatoms. The number of benzene rings is 2. The molecule has 1 heterocycles. The van der Waals surface area contributed by atoms with E-state index in [0.717, 1.165) is 6.07 Å². The first-order chi connectivity index (χ1) is 13.0. The topological polar surface area (TPSA) is 97.0 Å². The van der Waals surface area contributed by atoms with Gasteiger partial charge >= 0.3 is 0 Å². The summed E-state index contributed by atoms with van der Waals surface area (Å²) in [5.74, 6) is -1.93. The zero-order valence-electron chi connectivity index (χ0n) is 14.3. The molecule has 140 valence electrons. The second-order valence-corrected chi connectivity index (χ2v) is 5.59. The number of halogens is 1. The highest BCUT2D eigenvalue weighted by atomic mass is 19.1. The predicted octanol–water partition coefficient (Wildman–Crippen LogP) is 1.02. The Morgan fingerprint density at radius 2 is 2.00 bits per heavy atom. The molecule has 0 saturated carbocycles. The van der Waals surface area contributed by atoms with Crippen molar-refractivity contribution in [3.63, 3.8) is 0 Å². The Morgan fingerprint density at radius 1 is 1.22 bits per heavy atom. The van der Waals surface area contributed by atoms with Crippen LogP contribution in [0, 0.1) is 5.82 Å². The standard InChI is InChI=1S/C18H16FN3O5/c1-26-14-7-6-11(8-12(14)19)18(25)21-20-16(23)9-22-13-4-2-3-5-15(13)27-10-17(22)24/h2-8H,9-10H2,1H3,(H,20,23)(H,21,25). The van der Waals surface area contributed by atoms with Crippen LogP contribution in [-0.4, -0.2) is 38.0 Å².